The van der Waals surface area contributed by atoms with Crippen molar-refractivity contribution in [3.63, 3.8) is 0 Å². The van der Waals surface area contributed by atoms with Crippen LogP contribution in [0.1, 0.15) is 6.92 Å². The standard InChI is InChI=1S/C10H14N3O5S/c1-8-7-19(16,17)5-4-12(8)11-6-9-2-3-10(18-9)13(14)15/h2-3,6,8,11H,4-5,7H2,1H3/q-1/t8-/m1/s1. The predicted molar refractivity (Wildman–Crippen MR) is 68.3 cm³/mol. The SMILES string of the molecule is C[C@@H]1CS(=O)(=O)CCN1NC=C1C=CC(=[N+]([O-])[O-])O1. The van der Waals surface area contributed by atoms with Crippen LogP contribution in [-0.4, -0.2) is 48.3 Å². The van der Waals surface area contributed by atoms with Gasteiger partial charge in [0.25, 0.3) is 0 Å². The summed E-state index contributed by atoms with van der Waals surface area (Å²) in [5.74, 6) is 0.164. The number of hydrogen-bond acceptors (Lipinski definition) is 7. The van der Waals surface area contributed by atoms with Crippen molar-refractivity contribution in [3.8, 4) is 0 Å². The average molecular weight is 288 g/mol. The van der Waals surface area contributed by atoms with Crippen molar-refractivity contribution >= 4 is 15.7 Å². The van der Waals surface area contributed by atoms with Gasteiger partial charge in [-0.25, -0.2) is 13.4 Å². The molecule has 0 aromatic heterocycles. The molecule has 1 N–H and O–H groups in total. The maximum atomic E-state index is 11.4. The van der Waals surface area contributed by atoms with Gasteiger partial charge in [-0.3, -0.25) is 0 Å². The van der Waals surface area contributed by atoms with Gasteiger partial charge in [-0.15, -0.1) is 4.90 Å². The second-order valence-electron chi connectivity index (χ2n) is 4.36. The van der Waals surface area contributed by atoms with Crippen LogP contribution in [-0.2, 0) is 14.6 Å². The van der Waals surface area contributed by atoms with Crippen LogP contribution in [0, 0.1) is 10.4 Å². The molecule has 0 saturated carbocycles. The van der Waals surface area contributed by atoms with E-state index in [2.05, 4.69) is 5.43 Å². The van der Waals surface area contributed by atoms with Gasteiger partial charge in [-0.05, 0) is 13.0 Å². The molecule has 0 bridgehead atoms. The molecule has 0 aromatic carbocycles. The highest BCUT2D eigenvalue weighted by atomic mass is 32.2. The van der Waals surface area contributed by atoms with E-state index in [0.717, 1.165) is 0 Å². The highest BCUT2D eigenvalue weighted by Gasteiger charge is 2.27. The van der Waals surface area contributed by atoms with Crippen LogP contribution in [0.15, 0.2) is 24.1 Å². The van der Waals surface area contributed by atoms with Gasteiger partial charge in [0.05, 0.1) is 23.8 Å². The molecule has 1 saturated heterocycles. The van der Waals surface area contributed by atoms with E-state index < -0.39 is 14.7 Å². The van der Waals surface area contributed by atoms with Crippen molar-refractivity contribution in [1.29, 1.82) is 0 Å². The van der Waals surface area contributed by atoms with E-state index in [1.54, 1.807) is 11.9 Å². The Kier molecular flexibility index (Phi) is 3.67. The van der Waals surface area contributed by atoms with E-state index in [1.165, 1.54) is 18.4 Å². The largest absolute Gasteiger partial charge is 0.610 e. The van der Waals surface area contributed by atoms with E-state index in [1.807, 2.05) is 0 Å². The van der Waals surface area contributed by atoms with E-state index in [0.29, 0.717) is 12.3 Å². The van der Waals surface area contributed by atoms with E-state index in [9.17, 15) is 18.8 Å². The normalized spacial score (nSPS) is 28.4. The first kappa shape index (κ1) is 13.7. The van der Waals surface area contributed by atoms with Gasteiger partial charge in [-0.1, -0.05) is 0 Å². The predicted octanol–water partition coefficient (Wildman–Crippen LogP) is -0.556. The number of sulfone groups is 1. The fourth-order valence-corrected chi connectivity index (χ4v) is 3.41. The topological polar surface area (TPSA) is 108 Å². The van der Waals surface area contributed by atoms with Crippen LogP contribution in [0.25, 0.3) is 0 Å². The maximum absolute atomic E-state index is 11.4. The summed E-state index contributed by atoms with van der Waals surface area (Å²) in [4.78, 5) is -0.618. The fraction of sp³-hybridized carbons (Fsp3) is 0.500. The molecule has 0 aromatic rings. The molecule has 9 heteroatoms. The third-order valence-electron chi connectivity index (χ3n) is 2.84. The lowest BCUT2D eigenvalue weighted by atomic mass is 10.3. The fourth-order valence-electron chi connectivity index (χ4n) is 1.85. The van der Waals surface area contributed by atoms with Crippen molar-refractivity contribution in [3.05, 3.63) is 34.5 Å². The van der Waals surface area contributed by atoms with E-state index >= 15 is 0 Å². The highest BCUT2D eigenvalue weighted by molar-refractivity contribution is 7.91. The molecule has 0 aliphatic carbocycles. The summed E-state index contributed by atoms with van der Waals surface area (Å²) in [5.41, 5.74) is 2.91. The highest BCUT2D eigenvalue weighted by Crippen LogP contribution is 2.12. The molecule has 19 heavy (non-hydrogen) atoms. The average Bonchev–Trinajstić information content (AvgIpc) is 2.75. The van der Waals surface area contributed by atoms with Crippen LogP contribution >= 0.6 is 0 Å². The number of nitrogens with zero attached hydrogens (tertiary/aromatic N) is 2. The van der Waals surface area contributed by atoms with Gasteiger partial charge in [0.1, 0.15) is 0 Å². The van der Waals surface area contributed by atoms with Crippen LogP contribution in [0.4, 0.5) is 0 Å². The quantitative estimate of drug-likeness (QED) is 0.536. The number of ether oxygens (including phenoxy) is 1. The van der Waals surface area contributed by atoms with Crippen molar-refractivity contribution in [1.82, 2.24) is 10.4 Å². The molecule has 0 amide bonds. The third kappa shape index (κ3) is 3.38. The number of hydrazine groups is 1. The summed E-state index contributed by atoms with van der Waals surface area (Å²) in [6, 6.07) is -0.167. The minimum atomic E-state index is -2.96. The molecule has 1 atom stereocenters. The molecule has 0 radical (unpaired) electrons. The lowest BCUT2D eigenvalue weighted by Gasteiger charge is -2.32. The smallest absolute Gasteiger partial charge is 0.391 e. The molecule has 106 valence electrons. The summed E-state index contributed by atoms with van der Waals surface area (Å²) in [6.45, 7) is 2.16. The molecule has 2 aliphatic heterocycles. The van der Waals surface area contributed by atoms with Gasteiger partial charge in [0.15, 0.2) is 15.6 Å². The van der Waals surface area contributed by atoms with Crippen molar-refractivity contribution in [2.24, 2.45) is 0 Å². The summed E-state index contributed by atoms with van der Waals surface area (Å²) in [6.07, 6.45) is 4.20. The van der Waals surface area contributed by atoms with Crippen LogP contribution in [0.3, 0.4) is 0 Å². The number of allylic oxidation sites excluding steroid dienone is 1. The van der Waals surface area contributed by atoms with Gasteiger partial charge in [0.2, 0.25) is 0 Å². The third-order valence-corrected chi connectivity index (χ3v) is 4.63. The molecular formula is C10H14N3O5S-. The monoisotopic (exact) mass is 288 g/mol. The summed E-state index contributed by atoms with van der Waals surface area (Å²) in [7, 11) is -2.96. The maximum Gasteiger partial charge on any atom is 0.391 e. The second kappa shape index (κ2) is 5.10. The lowest BCUT2D eigenvalue weighted by molar-refractivity contribution is -0.388. The zero-order valence-corrected chi connectivity index (χ0v) is 11.1. The van der Waals surface area contributed by atoms with Crippen molar-refractivity contribution in [2.45, 2.75) is 13.0 Å². The molecule has 2 aliphatic rings. The van der Waals surface area contributed by atoms with Crippen LogP contribution < -0.4 is 5.43 Å². The first-order chi connectivity index (χ1) is 8.87. The molecule has 1 fully saturated rings. The van der Waals surface area contributed by atoms with Gasteiger partial charge in [-0.2, -0.15) is 0 Å². The Morgan fingerprint density at radius 2 is 2.26 bits per heavy atom. The zero-order valence-electron chi connectivity index (χ0n) is 10.3. The Balaban J connectivity index is 1.94. The van der Waals surface area contributed by atoms with E-state index in [4.69, 9.17) is 4.74 Å². The van der Waals surface area contributed by atoms with Crippen LogP contribution in [0.2, 0.25) is 0 Å². The molecule has 2 rings (SSSR count). The first-order valence-corrected chi connectivity index (χ1v) is 7.50. The van der Waals surface area contributed by atoms with Gasteiger partial charge in [0, 0.05) is 12.6 Å². The summed E-state index contributed by atoms with van der Waals surface area (Å²) >= 11 is 0. The van der Waals surface area contributed by atoms with E-state index in [-0.39, 0.29) is 23.4 Å². The Hall–Kier alpha value is -1.74. The minimum Gasteiger partial charge on any atom is -0.610 e. The molecule has 0 unspecified atom stereocenters. The Bertz CT molecular complexity index is 548. The molecule has 8 nitrogen and oxygen atoms in total. The summed E-state index contributed by atoms with van der Waals surface area (Å²) < 4.78 is 27.8. The zero-order chi connectivity index (χ0) is 14.0. The van der Waals surface area contributed by atoms with Crippen LogP contribution in [0.5, 0.6) is 0 Å². The number of hydrogen-bond donors (Lipinski definition) is 1. The summed E-state index contributed by atoms with van der Waals surface area (Å²) in [5, 5.41) is 22.6. The number of rotatable bonds is 2. The van der Waals surface area contributed by atoms with Gasteiger partial charge >= 0.3 is 5.90 Å². The Morgan fingerprint density at radius 1 is 1.53 bits per heavy atom. The lowest BCUT2D eigenvalue weighted by Crippen LogP contribution is -2.51. The Morgan fingerprint density at radius 3 is 2.84 bits per heavy atom. The molecule has 2 heterocycles. The Labute approximate surface area is 110 Å². The van der Waals surface area contributed by atoms with Crippen molar-refractivity contribution < 1.29 is 18.1 Å². The second-order valence-corrected chi connectivity index (χ2v) is 6.59. The molecular weight excluding hydrogens is 274 g/mol. The molecule has 0 spiro atoms. The minimum absolute atomic E-state index is 0.0894. The van der Waals surface area contributed by atoms with Gasteiger partial charge < -0.3 is 20.6 Å². The first-order valence-electron chi connectivity index (χ1n) is 5.68. The number of nitrogens with one attached hydrogen (secondary N) is 1. The van der Waals surface area contributed by atoms with Crippen molar-refractivity contribution in [2.75, 3.05) is 18.1 Å².